The summed E-state index contributed by atoms with van der Waals surface area (Å²) >= 11 is 5.93. The Bertz CT molecular complexity index is 629. The van der Waals surface area contributed by atoms with Gasteiger partial charge >= 0.3 is 6.18 Å². The van der Waals surface area contributed by atoms with Gasteiger partial charge in [0.15, 0.2) is 0 Å². The molecule has 112 valence electrons. The van der Waals surface area contributed by atoms with Crippen molar-refractivity contribution in [2.45, 2.75) is 12.7 Å². The van der Waals surface area contributed by atoms with Crippen LogP contribution in [-0.4, -0.2) is 7.11 Å². The first-order chi connectivity index (χ1) is 9.91. The maximum atomic E-state index is 12.7. The SMILES string of the molecule is COc1ccccc1CNc1cc(C(F)(F)F)ccc1Cl. The molecule has 2 aromatic rings. The highest BCUT2D eigenvalue weighted by Crippen LogP contribution is 2.34. The third-order valence-electron chi connectivity index (χ3n) is 2.96. The number of nitrogens with one attached hydrogen (secondary N) is 1. The lowest BCUT2D eigenvalue weighted by molar-refractivity contribution is -0.137. The van der Waals surface area contributed by atoms with E-state index in [4.69, 9.17) is 16.3 Å². The fourth-order valence-electron chi connectivity index (χ4n) is 1.88. The molecule has 2 aromatic carbocycles. The minimum absolute atomic E-state index is 0.234. The highest BCUT2D eigenvalue weighted by Gasteiger charge is 2.30. The van der Waals surface area contributed by atoms with Crippen LogP contribution in [0.3, 0.4) is 0 Å². The molecule has 0 aliphatic carbocycles. The molecule has 0 saturated carbocycles. The maximum absolute atomic E-state index is 12.7. The van der Waals surface area contributed by atoms with Crippen molar-refractivity contribution in [1.29, 1.82) is 0 Å². The lowest BCUT2D eigenvalue weighted by atomic mass is 10.1. The number of rotatable bonds is 4. The molecular weight excluding hydrogens is 303 g/mol. The van der Waals surface area contributed by atoms with Gasteiger partial charge in [0, 0.05) is 12.1 Å². The molecular formula is C15H13ClF3NO. The van der Waals surface area contributed by atoms with Gasteiger partial charge in [-0.15, -0.1) is 0 Å². The Morgan fingerprint density at radius 2 is 1.86 bits per heavy atom. The molecule has 1 N–H and O–H groups in total. The minimum atomic E-state index is -4.40. The summed E-state index contributed by atoms with van der Waals surface area (Å²) in [4.78, 5) is 0. The van der Waals surface area contributed by atoms with E-state index in [0.29, 0.717) is 12.3 Å². The van der Waals surface area contributed by atoms with Crippen molar-refractivity contribution in [3.05, 3.63) is 58.6 Å². The summed E-state index contributed by atoms with van der Waals surface area (Å²) in [5.74, 6) is 0.660. The van der Waals surface area contributed by atoms with Crippen molar-refractivity contribution in [2.75, 3.05) is 12.4 Å². The van der Waals surface area contributed by atoms with Gasteiger partial charge < -0.3 is 10.1 Å². The Hall–Kier alpha value is -1.88. The van der Waals surface area contributed by atoms with Gasteiger partial charge in [0.25, 0.3) is 0 Å². The van der Waals surface area contributed by atoms with Crippen molar-refractivity contribution >= 4 is 17.3 Å². The average Bonchev–Trinajstić information content (AvgIpc) is 2.45. The molecule has 0 heterocycles. The molecule has 0 atom stereocenters. The Labute approximate surface area is 125 Å². The Balaban J connectivity index is 2.20. The highest BCUT2D eigenvalue weighted by atomic mass is 35.5. The molecule has 0 saturated heterocycles. The number of anilines is 1. The number of halogens is 4. The Kier molecular flexibility index (Phi) is 4.63. The van der Waals surface area contributed by atoms with E-state index in [1.54, 1.807) is 6.07 Å². The second-order valence-corrected chi connectivity index (χ2v) is 4.76. The average molecular weight is 316 g/mol. The van der Waals surface area contributed by atoms with Crippen LogP contribution in [0, 0.1) is 0 Å². The summed E-state index contributed by atoms with van der Waals surface area (Å²) in [5.41, 5.74) is 0.320. The van der Waals surface area contributed by atoms with Gasteiger partial charge in [0.2, 0.25) is 0 Å². The van der Waals surface area contributed by atoms with E-state index in [1.165, 1.54) is 13.2 Å². The molecule has 0 spiro atoms. The van der Waals surface area contributed by atoms with Gasteiger partial charge in [-0.25, -0.2) is 0 Å². The van der Waals surface area contributed by atoms with E-state index < -0.39 is 11.7 Å². The fraction of sp³-hybridized carbons (Fsp3) is 0.200. The molecule has 0 fully saturated rings. The molecule has 2 nitrogen and oxygen atoms in total. The molecule has 0 aliphatic heterocycles. The van der Waals surface area contributed by atoms with Gasteiger partial charge in [-0.3, -0.25) is 0 Å². The van der Waals surface area contributed by atoms with Crippen molar-refractivity contribution in [3.8, 4) is 5.75 Å². The molecule has 0 radical (unpaired) electrons. The number of ether oxygens (including phenoxy) is 1. The summed E-state index contributed by atoms with van der Waals surface area (Å²) in [6.45, 7) is 0.311. The van der Waals surface area contributed by atoms with E-state index in [0.717, 1.165) is 17.7 Å². The molecule has 0 bridgehead atoms. The highest BCUT2D eigenvalue weighted by molar-refractivity contribution is 6.33. The number of hydrogen-bond donors (Lipinski definition) is 1. The lowest BCUT2D eigenvalue weighted by Crippen LogP contribution is -2.07. The smallest absolute Gasteiger partial charge is 0.416 e. The van der Waals surface area contributed by atoms with Crippen molar-refractivity contribution in [2.24, 2.45) is 0 Å². The lowest BCUT2D eigenvalue weighted by Gasteiger charge is -2.14. The summed E-state index contributed by atoms with van der Waals surface area (Å²) in [6, 6.07) is 10.4. The summed E-state index contributed by atoms with van der Waals surface area (Å²) < 4.78 is 43.3. The first-order valence-electron chi connectivity index (χ1n) is 6.14. The van der Waals surface area contributed by atoms with Crippen LogP contribution >= 0.6 is 11.6 Å². The van der Waals surface area contributed by atoms with Crippen LogP contribution in [0.25, 0.3) is 0 Å². The van der Waals surface area contributed by atoms with Gasteiger partial charge in [-0.05, 0) is 24.3 Å². The van der Waals surface area contributed by atoms with Gasteiger partial charge in [0.1, 0.15) is 5.75 Å². The van der Waals surface area contributed by atoms with Crippen LogP contribution in [0.15, 0.2) is 42.5 Å². The molecule has 0 amide bonds. The third kappa shape index (κ3) is 3.82. The molecule has 0 unspecified atom stereocenters. The van der Waals surface area contributed by atoms with Gasteiger partial charge in [0.05, 0.1) is 23.4 Å². The summed E-state index contributed by atoms with van der Waals surface area (Å²) in [6.07, 6.45) is -4.40. The predicted molar refractivity (Wildman–Crippen MR) is 76.8 cm³/mol. The van der Waals surface area contributed by atoms with Crippen LogP contribution in [-0.2, 0) is 12.7 Å². The van der Waals surface area contributed by atoms with Crippen LogP contribution in [0.5, 0.6) is 5.75 Å². The first kappa shape index (κ1) is 15.5. The second kappa shape index (κ2) is 6.26. The topological polar surface area (TPSA) is 21.3 Å². The van der Waals surface area contributed by atoms with Gasteiger partial charge in [-0.1, -0.05) is 29.8 Å². The summed E-state index contributed by atoms with van der Waals surface area (Å²) in [7, 11) is 1.54. The predicted octanol–water partition coefficient (Wildman–Crippen LogP) is 4.98. The molecule has 6 heteroatoms. The number of alkyl halides is 3. The molecule has 2 rings (SSSR count). The Morgan fingerprint density at radius 1 is 1.14 bits per heavy atom. The van der Waals surface area contributed by atoms with Crippen LogP contribution in [0.2, 0.25) is 5.02 Å². The quantitative estimate of drug-likeness (QED) is 0.859. The molecule has 0 aliphatic rings. The van der Waals surface area contributed by atoms with Crippen molar-refractivity contribution < 1.29 is 17.9 Å². The van der Waals surface area contributed by atoms with E-state index in [9.17, 15) is 13.2 Å². The van der Waals surface area contributed by atoms with E-state index in [-0.39, 0.29) is 10.7 Å². The van der Waals surface area contributed by atoms with Crippen molar-refractivity contribution in [1.82, 2.24) is 0 Å². The molecule has 0 aromatic heterocycles. The standard InChI is InChI=1S/C15H13ClF3NO/c1-21-14-5-3-2-4-10(14)9-20-13-8-11(15(17,18)19)6-7-12(13)16/h2-8,20H,9H2,1H3. The van der Waals surface area contributed by atoms with Crippen LogP contribution in [0.1, 0.15) is 11.1 Å². The minimum Gasteiger partial charge on any atom is -0.496 e. The third-order valence-corrected chi connectivity index (χ3v) is 3.29. The zero-order chi connectivity index (χ0) is 15.5. The summed E-state index contributed by atoms with van der Waals surface area (Å²) in [5, 5.41) is 3.14. The van der Waals surface area contributed by atoms with E-state index >= 15 is 0 Å². The zero-order valence-electron chi connectivity index (χ0n) is 11.2. The fourth-order valence-corrected chi connectivity index (χ4v) is 2.06. The number of methoxy groups -OCH3 is 1. The monoisotopic (exact) mass is 315 g/mol. The van der Waals surface area contributed by atoms with Crippen LogP contribution < -0.4 is 10.1 Å². The number of benzene rings is 2. The maximum Gasteiger partial charge on any atom is 0.416 e. The number of para-hydroxylation sites is 1. The largest absolute Gasteiger partial charge is 0.496 e. The second-order valence-electron chi connectivity index (χ2n) is 4.36. The van der Waals surface area contributed by atoms with Gasteiger partial charge in [-0.2, -0.15) is 13.2 Å². The Morgan fingerprint density at radius 3 is 2.52 bits per heavy atom. The molecule has 21 heavy (non-hydrogen) atoms. The van der Waals surface area contributed by atoms with Crippen molar-refractivity contribution in [3.63, 3.8) is 0 Å². The normalized spacial score (nSPS) is 11.3. The zero-order valence-corrected chi connectivity index (χ0v) is 11.9. The first-order valence-corrected chi connectivity index (χ1v) is 6.52. The van der Waals surface area contributed by atoms with E-state index in [1.807, 2.05) is 18.2 Å². The van der Waals surface area contributed by atoms with E-state index in [2.05, 4.69) is 5.32 Å². The van der Waals surface area contributed by atoms with Crippen LogP contribution in [0.4, 0.5) is 18.9 Å². The number of hydrogen-bond acceptors (Lipinski definition) is 2.